The number of carboxylic acids is 1. The van der Waals surface area contributed by atoms with E-state index in [0.717, 1.165) is 10.5 Å². The maximum absolute atomic E-state index is 10.7. The van der Waals surface area contributed by atoms with E-state index in [-0.39, 0.29) is 0 Å². The van der Waals surface area contributed by atoms with E-state index in [1.807, 2.05) is 12.2 Å². The molecule has 2 heterocycles. The smallest absolute Gasteiger partial charge is 0.320 e. The summed E-state index contributed by atoms with van der Waals surface area (Å²) in [6.45, 7) is 0. The lowest BCUT2D eigenvalue weighted by atomic mass is 10.2. The average Bonchev–Trinajstić information content (AvgIpc) is 2.38. The minimum absolute atomic E-state index is 0.447. The molecule has 0 bridgehead atoms. The van der Waals surface area contributed by atoms with Crippen LogP contribution >= 0.6 is 11.8 Å². The number of nitrogens with zero attached hydrogens (tertiary/aromatic N) is 1. The van der Waals surface area contributed by atoms with Crippen LogP contribution in [0.15, 0.2) is 39.9 Å². The maximum Gasteiger partial charge on any atom is 0.320 e. The summed E-state index contributed by atoms with van der Waals surface area (Å²) < 4.78 is 0. The molecule has 13 heavy (non-hydrogen) atoms. The Labute approximate surface area is 79.6 Å². The first kappa shape index (κ1) is 8.31. The Morgan fingerprint density at radius 1 is 1.62 bits per heavy atom. The summed E-state index contributed by atoms with van der Waals surface area (Å²) in [5.74, 6) is -0.795. The van der Waals surface area contributed by atoms with Crippen molar-refractivity contribution in [1.82, 2.24) is 0 Å². The van der Waals surface area contributed by atoms with Crippen molar-refractivity contribution >= 4 is 23.9 Å². The fraction of sp³-hybridized carbons (Fsp3) is 0.111. The quantitative estimate of drug-likeness (QED) is 0.688. The number of hydrogen-bond donors (Lipinski definition) is 1. The Morgan fingerprint density at radius 2 is 2.46 bits per heavy atom. The Bertz CT molecular complexity index is 366. The Kier molecular flexibility index (Phi) is 2.06. The van der Waals surface area contributed by atoms with E-state index in [4.69, 9.17) is 5.11 Å². The van der Waals surface area contributed by atoms with Gasteiger partial charge in [0.2, 0.25) is 0 Å². The van der Waals surface area contributed by atoms with Gasteiger partial charge < -0.3 is 5.11 Å². The van der Waals surface area contributed by atoms with Gasteiger partial charge in [-0.2, -0.15) is 0 Å². The van der Waals surface area contributed by atoms with E-state index < -0.39 is 11.2 Å². The number of fused-ring (bicyclic) bond motifs is 1. The van der Waals surface area contributed by atoms with Gasteiger partial charge in [0.05, 0.1) is 0 Å². The van der Waals surface area contributed by atoms with Crippen molar-refractivity contribution in [1.29, 1.82) is 0 Å². The second kappa shape index (κ2) is 3.22. The number of aliphatic carboxylic acids is 1. The predicted octanol–water partition coefficient (Wildman–Crippen LogP) is 1.59. The Balaban J connectivity index is 2.31. The van der Waals surface area contributed by atoms with Crippen molar-refractivity contribution in [2.45, 2.75) is 5.25 Å². The van der Waals surface area contributed by atoms with Gasteiger partial charge in [0.25, 0.3) is 0 Å². The summed E-state index contributed by atoms with van der Waals surface area (Å²) in [5.41, 5.74) is 0.954. The Hall–Kier alpha value is -1.29. The lowest BCUT2D eigenvalue weighted by Gasteiger charge is -1.98. The summed E-state index contributed by atoms with van der Waals surface area (Å²) in [5, 5.41) is 8.33. The first-order chi connectivity index (χ1) is 6.27. The Morgan fingerprint density at radius 3 is 3.23 bits per heavy atom. The van der Waals surface area contributed by atoms with Gasteiger partial charge >= 0.3 is 5.97 Å². The van der Waals surface area contributed by atoms with Gasteiger partial charge in [-0.3, -0.25) is 9.79 Å². The molecule has 0 fully saturated rings. The average molecular weight is 193 g/mol. The molecular formula is C9H7NO2S. The summed E-state index contributed by atoms with van der Waals surface area (Å²) >= 11 is 1.34. The number of carboxylic acid groups (broad SMARTS) is 1. The third-order valence-corrected chi connectivity index (χ3v) is 2.98. The molecule has 0 saturated carbocycles. The van der Waals surface area contributed by atoms with Gasteiger partial charge in [-0.05, 0) is 17.7 Å². The molecule has 1 N–H and O–H groups in total. The molecule has 1 unspecified atom stereocenters. The normalized spacial score (nSPS) is 24.8. The summed E-state index contributed by atoms with van der Waals surface area (Å²) in [6.07, 6.45) is 8.73. The standard InChI is InChI=1S/C9H7NO2S/c11-9(12)8-5-6-1-3-10-4-2-7(6)13-8/h1-5,8H,(H,11,12). The molecule has 0 saturated heterocycles. The van der Waals surface area contributed by atoms with Crippen LogP contribution in [0.3, 0.4) is 0 Å². The van der Waals surface area contributed by atoms with Crippen LogP contribution in [0.25, 0.3) is 0 Å². The molecule has 0 amide bonds. The minimum atomic E-state index is -0.795. The van der Waals surface area contributed by atoms with Crippen molar-refractivity contribution in [3.05, 3.63) is 34.9 Å². The number of aliphatic imine (C=N–C) groups is 1. The van der Waals surface area contributed by atoms with Crippen LogP contribution < -0.4 is 0 Å². The second-order valence-corrected chi connectivity index (χ2v) is 3.83. The monoisotopic (exact) mass is 193 g/mol. The molecule has 3 nitrogen and oxygen atoms in total. The van der Waals surface area contributed by atoms with Crippen molar-refractivity contribution in [2.24, 2.45) is 4.99 Å². The molecule has 2 rings (SSSR count). The van der Waals surface area contributed by atoms with Crippen LogP contribution in [0.4, 0.5) is 0 Å². The fourth-order valence-electron chi connectivity index (χ4n) is 1.16. The van der Waals surface area contributed by atoms with Crippen LogP contribution in [-0.2, 0) is 4.79 Å². The zero-order valence-electron chi connectivity index (χ0n) is 6.68. The van der Waals surface area contributed by atoms with Gasteiger partial charge in [-0.1, -0.05) is 6.08 Å². The van der Waals surface area contributed by atoms with Crippen LogP contribution in [0, 0.1) is 0 Å². The number of thioether (sulfide) groups is 1. The topological polar surface area (TPSA) is 49.7 Å². The van der Waals surface area contributed by atoms with E-state index >= 15 is 0 Å². The first-order valence-corrected chi connectivity index (χ1v) is 4.67. The van der Waals surface area contributed by atoms with E-state index in [1.54, 1.807) is 18.5 Å². The van der Waals surface area contributed by atoms with Gasteiger partial charge in [0, 0.05) is 17.3 Å². The summed E-state index contributed by atoms with van der Waals surface area (Å²) in [4.78, 5) is 15.6. The van der Waals surface area contributed by atoms with Gasteiger partial charge in [0.1, 0.15) is 5.25 Å². The highest BCUT2D eigenvalue weighted by molar-refractivity contribution is 8.05. The lowest BCUT2D eigenvalue weighted by molar-refractivity contribution is -0.135. The zero-order valence-corrected chi connectivity index (χ0v) is 7.49. The third-order valence-electron chi connectivity index (χ3n) is 1.76. The van der Waals surface area contributed by atoms with E-state index in [1.165, 1.54) is 11.8 Å². The van der Waals surface area contributed by atoms with Crippen LogP contribution in [0.5, 0.6) is 0 Å². The molecule has 0 radical (unpaired) electrons. The first-order valence-electron chi connectivity index (χ1n) is 3.79. The molecule has 2 aliphatic heterocycles. The molecule has 1 atom stereocenters. The van der Waals surface area contributed by atoms with Crippen molar-refractivity contribution in [3.8, 4) is 0 Å². The molecule has 4 heteroatoms. The van der Waals surface area contributed by atoms with Crippen LogP contribution in [-0.4, -0.2) is 22.5 Å². The maximum atomic E-state index is 10.7. The van der Waals surface area contributed by atoms with Crippen molar-refractivity contribution in [3.63, 3.8) is 0 Å². The number of rotatable bonds is 1. The third kappa shape index (κ3) is 1.58. The predicted molar refractivity (Wildman–Crippen MR) is 52.8 cm³/mol. The minimum Gasteiger partial charge on any atom is -0.480 e. The second-order valence-electron chi connectivity index (χ2n) is 2.64. The number of hydrogen-bond acceptors (Lipinski definition) is 3. The van der Waals surface area contributed by atoms with Gasteiger partial charge in [-0.15, -0.1) is 11.8 Å². The van der Waals surface area contributed by atoms with Crippen LogP contribution in [0.1, 0.15) is 0 Å². The summed E-state index contributed by atoms with van der Waals surface area (Å²) in [6, 6.07) is 0. The van der Waals surface area contributed by atoms with Gasteiger partial charge in [-0.25, -0.2) is 0 Å². The molecule has 0 aliphatic carbocycles. The van der Waals surface area contributed by atoms with Crippen molar-refractivity contribution < 1.29 is 9.90 Å². The summed E-state index contributed by atoms with van der Waals surface area (Å²) in [7, 11) is 0. The van der Waals surface area contributed by atoms with E-state index in [9.17, 15) is 4.79 Å². The molecule has 66 valence electrons. The molecule has 0 aromatic rings. The van der Waals surface area contributed by atoms with Crippen LogP contribution in [0.2, 0.25) is 0 Å². The SMILES string of the molecule is O=C(O)C1C=C2C=CN=CC=C2S1. The number of allylic oxidation sites excluding steroid dienone is 3. The largest absolute Gasteiger partial charge is 0.480 e. The van der Waals surface area contributed by atoms with E-state index in [0.29, 0.717) is 0 Å². The lowest BCUT2D eigenvalue weighted by Crippen LogP contribution is -2.10. The molecule has 0 aromatic heterocycles. The van der Waals surface area contributed by atoms with Gasteiger partial charge in [0.15, 0.2) is 0 Å². The highest BCUT2D eigenvalue weighted by Crippen LogP contribution is 2.37. The molecular weight excluding hydrogens is 186 g/mol. The van der Waals surface area contributed by atoms with E-state index in [2.05, 4.69) is 4.99 Å². The zero-order chi connectivity index (χ0) is 9.26. The fourth-order valence-corrected chi connectivity index (χ4v) is 2.16. The van der Waals surface area contributed by atoms with Crippen molar-refractivity contribution in [2.75, 3.05) is 0 Å². The number of carbonyl (C=O) groups is 1. The molecule has 0 spiro atoms. The molecule has 2 aliphatic rings. The highest BCUT2D eigenvalue weighted by Gasteiger charge is 2.25. The molecule has 0 aromatic carbocycles. The highest BCUT2D eigenvalue weighted by atomic mass is 32.2.